The molecule has 0 saturated heterocycles. The average molecular weight is 414 g/mol. The number of aromatic nitrogens is 2. The topological polar surface area (TPSA) is 107 Å². The molecule has 162 valence electrons. The van der Waals surface area contributed by atoms with Crippen LogP contribution in [0.4, 0.5) is 4.79 Å². The van der Waals surface area contributed by atoms with E-state index in [4.69, 9.17) is 0 Å². The number of rotatable bonds is 8. The van der Waals surface area contributed by atoms with Gasteiger partial charge in [-0.05, 0) is 38.3 Å². The van der Waals surface area contributed by atoms with Crippen molar-refractivity contribution in [1.29, 1.82) is 0 Å². The molecule has 0 aliphatic heterocycles. The highest BCUT2D eigenvalue weighted by Crippen LogP contribution is 2.17. The minimum absolute atomic E-state index is 0.0252. The molecule has 8 heteroatoms. The van der Waals surface area contributed by atoms with Gasteiger partial charge < -0.3 is 20.5 Å². The molecule has 2 aromatic rings. The molecule has 1 fully saturated rings. The molecule has 0 bridgehead atoms. The van der Waals surface area contributed by atoms with Gasteiger partial charge in [0.2, 0.25) is 5.91 Å². The van der Waals surface area contributed by atoms with Crippen molar-refractivity contribution in [3.8, 4) is 0 Å². The summed E-state index contributed by atoms with van der Waals surface area (Å²) in [5, 5.41) is 6.38. The number of carbonyl (C=O) groups is 2. The number of hydrogen-bond acceptors (Lipinski definition) is 4. The molecule has 3 amide bonds. The lowest BCUT2D eigenvalue weighted by atomic mass is 9.96. The van der Waals surface area contributed by atoms with Crippen molar-refractivity contribution < 1.29 is 9.59 Å². The van der Waals surface area contributed by atoms with E-state index in [9.17, 15) is 14.4 Å². The summed E-state index contributed by atoms with van der Waals surface area (Å²) >= 11 is 0. The highest BCUT2D eigenvalue weighted by atomic mass is 16.2. The minimum Gasteiger partial charge on any atom is -0.338 e. The number of urea groups is 1. The molecule has 1 saturated carbocycles. The van der Waals surface area contributed by atoms with E-state index in [2.05, 4.69) is 20.6 Å². The Labute approximate surface area is 176 Å². The van der Waals surface area contributed by atoms with Crippen LogP contribution in [0.1, 0.15) is 57.7 Å². The number of nitrogens with one attached hydrogen (secondary N) is 3. The molecule has 1 aliphatic rings. The normalized spacial score (nSPS) is 14.4. The maximum absolute atomic E-state index is 12.6. The van der Waals surface area contributed by atoms with E-state index < -0.39 is 0 Å². The first-order valence-corrected chi connectivity index (χ1v) is 10.9. The number of fused-ring (bicyclic) bond motifs is 1. The SMILES string of the molecule is CCN(Cc1nc2ccccc2c(=O)[nH]1)C(=O)CCCNC(=O)NC1CCCCC1. The lowest BCUT2D eigenvalue weighted by Crippen LogP contribution is -2.43. The van der Waals surface area contributed by atoms with Gasteiger partial charge in [0.05, 0.1) is 17.4 Å². The Hall–Kier alpha value is -2.90. The Balaban J connectivity index is 1.44. The Morgan fingerprint density at radius 1 is 1.20 bits per heavy atom. The molecule has 1 heterocycles. The summed E-state index contributed by atoms with van der Waals surface area (Å²) in [6, 6.07) is 7.26. The van der Waals surface area contributed by atoms with Gasteiger partial charge in [0, 0.05) is 25.6 Å². The molecule has 0 spiro atoms. The maximum atomic E-state index is 12.6. The predicted octanol–water partition coefficient (Wildman–Crippen LogP) is 2.68. The van der Waals surface area contributed by atoms with Crippen LogP contribution in [0.25, 0.3) is 10.9 Å². The number of hydrogen-bond donors (Lipinski definition) is 3. The number of aromatic amines is 1. The van der Waals surface area contributed by atoms with E-state index in [0.29, 0.717) is 42.7 Å². The first-order valence-electron chi connectivity index (χ1n) is 10.9. The Morgan fingerprint density at radius 2 is 1.97 bits per heavy atom. The van der Waals surface area contributed by atoms with Crippen molar-refractivity contribution in [2.45, 2.75) is 64.5 Å². The zero-order valence-corrected chi connectivity index (χ0v) is 17.6. The van der Waals surface area contributed by atoms with Crippen LogP contribution in [0, 0.1) is 0 Å². The van der Waals surface area contributed by atoms with Gasteiger partial charge in [-0.25, -0.2) is 9.78 Å². The van der Waals surface area contributed by atoms with Crippen molar-refractivity contribution in [3.63, 3.8) is 0 Å². The van der Waals surface area contributed by atoms with Crippen LogP contribution in [0.3, 0.4) is 0 Å². The van der Waals surface area contributed by atoms with Crippen molar-refractivity contribution >= 4 is 22.8 Å². The van der Waals surface area contributed by atoms with Crippen molar-refractivity contribution in [2.75, 3.05) is 13.1 Å². The second-order valence-corrected chi connectivity index (χ2v) is 7.78. The average Bonchev–Trinajstić information content (AvgIpc) is 2.75. The molecule has 0 unspecified atom stereocenters. The van der Waals surface area contributed by atoms with E-state index in [-0.39, 0.29) is 30.1 Å². The summed E-state index contributed by atoms with van der Waals surface area (Å²) in [5.41, 5.74) is 0.417. The quantitative estimate of drug-likeness (QED) is 0.578. The van der Waals surface area contributed by atoms with Crippen LogP contribution in [-0.4, -0.2) is 45.9 Å². The molecular weight excluding hydrogens is 382 g/mol. The Morgan fingerprint density at radius 3 is 2.73 bits per heavy atom. The standard InChI is InChI=1S/C22H31N5O3/c1-2-27(15-19-25-18-12-7-6-11-17(18)21(29)26-19)20(28)13-8-14-23-22(30)24-16-9-4-3-5-10-16/h6-7,11-12,16H,2-5,8-10,13-15H2,1H3,(H2,23,24,30)(H,25,26,29). The minimum atomic E-state index is -0.202. The van der Waals surface area contributed by atoms with E-state index in [1.807, 2.05) is 13.0 Å². The van der Waals surface area contributed by atoms with Crippen LogP contribution >= 0.6 is 0 Å². The van der Waals surface area contributed by atoms with Crippen LogP contribution in [0.5, 0.6) is 0 Å². The number of benzene rings is 1. The summed E-state index contributed by atoms with van der Waals surface area (Å²) in [4.78, 5) is 45.6. The fourth-order valence-electron chi connectivity index (χ4n) is 3.85. The Bertz CT molecular complexity index is 920. The van der Waals surface area contributed by atoms with Crippen molar-refractivity contribution in [2.24, 2.45) is 0 Å². The molecule has 0 atom stereocenters. The third-order valence-corrected chi connectivity index (χ3v) is 5.53. The summed E-state index contributed by atoms with van der Waals surface area (Å²) in [6.45, 7) is 3.12. The van der Waals surface area contributed by atoms with E-state index in [1.54, 1.807) is 23.1 Å². The van der Waals surface area contributed by atoms with E-state index >= 15 is 0 Å². The van der Waals surface area contributed by atoms with E-state index in [0.717, 1.165) is 12.8 Å². The molecule has 1 aromatic heterocycles. The third-order valence-electron chi connectivity index (χ3n) is 5.53. The fourth-order valence-corrected chi connectivity index (χ4v) is 3.85. The van der Waals surface area contributed by atoms with Gasteiger partial charge in [0.1, 0.15) is 5.82 Å². The number of carbonyl (C=O) groups excluding carboxylic acids is 2. The number of nitrogens with zero attached hydrogens (tertiary/aromatic N) is 2. The Kier molecular flexibility index (Phi) is 7.82. The summed E-state index contributed by atoms with van der Waals surface area (Å²) in [7, 11) is 0. The second kappa shape index (κ2) is 10.8. The van der Waals surface area contributed by atoms with Crippen LogP contribution < -0.4 is 16.2 Å². The van der Waals surface area contributed by atoms with Gasteiger partial charge in [-0.1, -0.05) is 31.4 Å². The monoisotopic (exact) mass is 413 g/mol. The zero-order chi connectivity index (χ0) is 21.3. The van der Waals surface area contributed by atoms with E-state index in [1.165, 1.54) is 19.3 Å². The summed E-state index contributed by atoms with van der Waals surface area (Å²) in [5.74, 6) is 0.446. The van der Waals surface area contributed by atoms with Crippen LogP contribution in [0.15, 0.2) is 29.1 Å². The van der Waals surface area contributed by atoms with Crippen LogP contribution in [-0.2, 0) is 11.3 Å². The third kappa shape index (κ3) is 6.05. The van der Waals surface area contributed by atoms with Crippen molar-refractivity contribution in [3.05, 3.63) is 40.4 Å². The smallest absolute Gasteiger partial charge is 0.315 e. The van der Waals surface area contributed by atoms with Gasteiger partial charge in [-0.2, -0.15) is 0 Å². The van der Waals surface area contributed by atoms with Gasteiger partial charge in [0.15, 0.2) is 0 Å². The van der Waals surface area contributed by atoms with Gasteiger partial charge in [-0.15, -0.1) is 0 Å². The maximum Gasteiger partial charge on any atom is 0.315 e. The van der Waals surface area contributed by atoms with Gasteiger partial charge in [-0.3, -0.25) is 9.59 Å². The molecule has 3 rings (SSSR count). The highest BCUT2D eigenvalue weighted by molar-refractivity contribution is 5.78. The fraction of sp³-hybridized carbons (Fsp3) is 0.545. The first kappa shape index (κ1) is 21.8. The number of amides is 3. The molecule has 0 radical (unpaired) electrons. The largest absolute Gasteiger partial charge is 0.338 e. The molecule has 8 nitrogen and oxygen atoms in total. The van der Waals surface area contributed by atoms with Crippen molar-refractivity contribution in [1.82, 2.24) is 25.5 Å². The summed E-state index contributed by atoms with van der Waals surface area (Å²) < 4.78 is 0. The molecular formula is C22H31N5O3. The molecule has 3 N–H and O–H groups in total. The highest BCUT2D eigenvalue weighted by Gasteiger charge is 2.16. The molecule has 1 aromatic carbocycles. The van der Waals surface area contributed by atoms with Crippen LogP contribution in [0.2, 0.25) is 0 Å². The lowest BCUT2D eigenvalue weighted by Gasteiger charge is -2.23. The predicted molar refractivity (Wildman–Crippen MR) is 116 cm³/mol. The number of para-hydroxylation sites is 1. The first-order chi connectivity index (χ1) is 14.6. The lowest BCUT2D eigenvalue weighted by molar-refractivity contribution is -0.131. The molecule has 30 heavy (non-hydrogen) atoms. The van der Waals surface area contributed by atoms with Gasteiger partial charge in [0.25, 0.3) is 5.56 Å². The zero-order valence-electron chi connectivity index (χ0n) is 17.6. The molecule has 1 aliphatic carbocycles. The van der Waals surface area contributed by atoms with Gasteiger partial charge >= 0.3 is 6.03 Å². The number of H-pyrrole nitrogens is 1. The summed E-state index contributed by atoms with van der Waals surface area (Å²) in [6.07, 6.45) is 6.57. The second-order valence-electron chi connectivity index (χ2n) is 7.78.